The van der Waals surface area contributed by atoms with Gasteiger partial charge in [-0.15, -0.1) is 0 Å². The minimum absolute atomic E-state index is 0.00554. The number of aromatic nitrogens is 2. The molecule has 0 saturated carbocycles. The highest BCUT2D eigenvalue weighted by Crippen LogP contribution is 2.39. The molecule has 1 aromatic carbocycles. The number of hydrogen-bond donors (Lipinski definition) is 1. The van der Waals surface area contributed by atoms with Crippen molar-refractivity contribution in [2.75, 3.05) is 23.0 Å². The van der Waals surface area contributed by atoms with Crippen molar-refractivity contribution in [3.05, 3.63) is 30.6 Å². The Morgan fingerprint density at radius 1 is 1.29 bits per heavy atom. The Morgan fingerprint density at radius 2 is 2.04 bits per heavy atom. The third kappa shape index (κ3) is 3.87. The predicted octanol–water partition coefficient (Wildman–Crippen LogP) is 2.65. The molecule has 1 aromatic heterocycles. The lowest BCUT2D eigenvalue weighted by Crippen LogP contribution is -2.51. The molecule has 2 aromatic rings. The highest BCUT2D eigenvalue weighted by Gasteiger charge is 2.34. The van der Waals surface area contributed by atoms with Crippen LogP contribution < -0.4 is 9.80 Å². The van der Waals surface area contributed by atoms with Gasteiger partial charge in [0.1, 0.15) is 0 Å². The van der Waals surface area contributed by atoms with E-state index in [9.17, 15) is 9.59 Å². The summed E-state index contributed by atoms with van der Waals surface area (Å²) in [5.41, 5.74) is 3.04. The van der Waals surface area contributed by atoms with E-state index in [1.54, 1.807) is 34.5 Å². The van der Waals surface area contributed by atoms with Crippen LogP contribution in [0.1, 0.15) is 27.7 Å². The second kappa shape index (κ2) is 8.02. The van der Waals surface area contributed by atoms with Crippen LogP contribution in [0.4, 0.5) is 16.2 Å². The van der Waals surface area contributed by atoms with E-state index in [4.69, 9.17) is 9.84 Å². The second-order valence-electron chi connectivity index (χ2n) is 7.20. The number of fused-ring (bicyclic) bond motifs is 1. The molecule has 0 bridgehead atoms. The molecule has 2 amide bonds. The van der Waals surface area contributed by atoms with Crippen LogP contribution in [0.25, 0.3) is 11.1 Å². The maximum atomic E-state index is 12.7. The van der Waals surface area contributed by atoms with Crippen LogP contribution in [0.5, 0.6) is 0 Å². The normalized spacial score (nSPS) is 16.3. The van der Waals surface area contributed by atoms with Crippen LogP contribution in [-0.4, -0.2) is 52.2 Å². The summed E-state index contributed by atoms with van der Waals surface area (Å²) < 4.78 is 7.07. The Morgan fingerprint density at radius 3 is 2.68 bits per heavy atom. The van der Waals surface area contributed by atoms with Gasteiger partial charge in [0.05, 0.1) is 42.9 Å². The van der Waals surface area contributed by atoms with Crippen molar-refractivity contribution in [1.82, 2.24) is 9.78 Å². The number of anilines is 2. The molecule has 3 rings (SSSR count). The lowest BCUT2D eigenvalue weighted by molar-refractivity contribution is -0.117. The van der Waals surface area contributed by atoms with Gasteiger partial charge in [0.25, 0.3) is 0 Å². The van der Waals surface area contributed by atoms with E-state index in [0.29, 0.717) is 24.5 Å². The number of hydrogen-bond acceptors (Lipinski definition) is 5. The van der Waals surface area contributed by atoms with Crippen molar-refractivity contribution in [3.63, 3.8) is 0 Å². The van der Waals surface area contributed by atoms with Crippen LogP contribution in [0.3, 0.4) is 0 Å². The molecule has 1 N–H and O–H groups in total. The largest absolute Gasteiger partial charge is 0.446 e. The lowest BCUT2D eigenvalue weighted by atomic mass is 10.0. The zero-order valence-electron chi connectivity index (χ0n) is 16.6. The third-order valence-electron chi connectivity index (χ3n) is 4.61. The molecule has 0 unspecified atom stereocenters. The van der Waals surface area contributed by atoms with Crippen molar-refractivity contribution in [1.29, 1.82) is 0 Å². The van der Waals surface area contributed by atoms with Gasteiger partial charge in [-0.3, -0.25) is 14.4 Å². The maximum absolute atomic E-state index is 12.7. The van der Waals surface area contributed by atoms with E-state index in [-0.39, 0.29) is 24.7 Å². The van der Waals surface area contributed by atoms with E-state index in [0.717, 1.165) is 11.1 Å². The number of ether oxygens (including phenoxy) is 1. The summed E-state index contributed by atoms with van der Waals surface area (Å²) in [5, 5.41) is 13.3. The summed E-state index contributed by atoms with van der Waals surface area (Å²) in [4.78, 5) is 28.2. The van der Waals surface area contributed by atoms with Crippen molar-refractivity contribution in [2.45, 2.75) is 46.4 Å². The fraction of sp³-hybridized carbons (Fsp3) is 0.450. The molecule has 0 saturated heterocycles. The molecule has 8 nitrogen and oxygen atoms in total. The standard InChI is InChI=1S/C20H26N4O4/c1-13(2)28-20(27)23-11-14(3)24(15(4)26)18-6-5-16(9-19(18)23)17-10-21-22(12-17)7-8-25/h5-6,9-10,12-14,25H,7-8,11H2,1-4H3/t14-/m0/s1. The molecule has 2 heterocycles. The number of aliphatic hydroxyl groups is 1. The first kappa shape index (κ1) is 19.9. The minimum Gasteiger partial charge on any atom is -0.446 e. The Bertz CT molecular complexity index is 877. The molecule has 1 atom stereocenters. The number of carbonyl (C=O) groups excluding carboxylic acids is 2. The molecule has 0 spiro atoms. The first-order valence-corrected chi connectivity index (χ1v) is 9.37. The van der Waals surface area contributed by atoms with E-state index < -0.39 is 6.09 Å². The molecule has 8 heteroatoms. The Kier molecular flexibility index (Phi) is 5.69. The van der Waals surface area contributed by atoms with Crippen molar-refractivity contribution < 1.29 is 19.4 Å². The molecule has 0 fully saturated rings. The zero-order chi connectivity index (χ0) is 20.4. The van der Waals surface area contributed by atoms with Crippen molar-refractivity contribution >= 4 is 23.4 Å². The molecule has 0 aliphatic carbocycles. The van der Waals surface area contributed by atoms with Crippen molar-refractivity contribution in [3.8, 4) is 11.1 Å². The molecule has 0 radical (unpaired) electrons. The van der Waals surface area contributed by atoms with Crippen LogP contribution in [0, 0.1) is 0 Å². The number of benzene rings is 1. The highest BCUT2D eigenvalue weighted by molar-refractivity contribution is 6.03. The average molecular weight is 386 g/mol. The molecule has 1 aliphatic rings. The van der Waals surface area contributed by atoms with Gasteiger partial charge < -0.3 is 14.7 Å². The highest BCUT2D eigenvalue weighted by atomic mass is 16.6. The van der Waals surface area contributed by atoms with Gasteiger partial charge in [0, 0.05) is 25.2 Å². The molecule has 28 heavy (non-hydrogen) atoms. The van der Waals surface area contributed by atoms with E-state index in [2.05, 4.69) is 5.10 Å². The van der Waals surface area contributed by atoms with E-state index in [1.165, 1.54) is 6.92 Å². The zero-order valence-corrected chi connectivity index (χ0v) is 16.6. The first-order chi connectivity index (χ1) is 13.3. The number of carbonyl (C=O) groups is 2. The van der Waals surface area contributed by atoms with E-state index in [1.807, 2.05) is 31.3 Å². The number of nitrogens with zero attached hydrogens (tertiary/aromatic N) is 4. The monoisotopic (exact) mass is 386 g/mol. The molecule has 1 aliphatic heterocycles. The van der Waals surface area contributed by atoms with Crippen LogP contribution in [-0.2, 0) is 16.1 Å². The third-order valence-corrected chi connectivity index (χ3v) is 4.61. The van der Waals surface area contributed by atoms with Gasteiger partial charge in [0.15, 0.2) is 0 Å². The summed E-state index contributed by atoms with van der Waals surface area (Å²) in [6, 6.07) is 5.46. The quantitative estimate of drug-likeness (QED) is 0.873. The van der Waals surface area contributed by atoms with Crippen LogP contribution in [0.2, 0.25) is 0 Å². The number of aliphatic hydroxyl groups excluding tert-OH is 1. The van der Waals surface area contributed by atoms with Gasteiger partial charge in [-0.2, -0.15) is 5.10 Å². The van der Waals surface area contributed by atoms with Crippen LogP contribution >= 0.6 is 0 Å². The minimum atomic E-state index is -0.431. The van der Waals surface area contributed by atoms with Gasteiger partial charge in [0.2, 0.25) is 5.91 Å². The van der Waals surface area contributed by atoms with E-state index >= 15 is 0 Å². The topological polar surface area (TPSA) is 87.9 Å². The fourth-order valence-electron chi connectivity index (χ4n) is 3.46. The Labute approximate surface area is 164 Å². The first-order valence-electron chi connectivity index (χ1n) is 9.37. The smallest absolute Gasteiger partial charge is 0.414 e. The fourth-order valence-corrected chi connectivity index (χ4v) is 3.46. The lowest BCUT2D eigenvalue weighted by Gasteiger charge is -2.40. The van der Waals surface area contributed by atoms with Gasteiger partial charge in [-0.05, 0) is 38.5 Å². The Balaban J connectivity index is 2.05. The van der Waals surface area contributed by atoms with Gasteiger partial charge in [-0.1, -0.05) is 6.07 Å². The average Bonchev–Trinajstić information content (AvgIpc) is 3.08. The van der Waals surface area contributed by atoms with Gasteiger partial charge in [-0.25, -0.2) is 4.79 Å². The predicted molar refractivity (Wildman–Crippen MR) is 106 cm³/mol. The summed E-state index contributed by atoms with van der Waals surface area (Å²) in [6.07, 6.45) is 2.88. The summed E-state index contributed by atoms with van der Waals surface area (Å²) >= 11 is 0. The van der Waals surface area contributed by atoms with Crippen molar-refractivity contribution in [2.24, 2.45) is 0 Å². The SMILES string of the molecule is CC(=O)N1c2ccc(-c3cnn(CCO)c3)cc2N(C(=O)OC(C)C)C[C@@H]1C. The number of rotatable bonds is 4. The Hall–Kier alpha value is -2.87. The second-order valence-corrected chi connectivity index (χ2v) is 7.20. The molecular formula is C20H26N4O4. The molecule has 150 valence electrons. The van der Waals surface area contributed by atoms with Gasteiger partial charge >= 0.3 is 6.09 Å². The molecular weight excluding hydrogens is 360 g/mol. The van der Waals surface area contributed by atoms with Crippen LogP contribution in [0.15, 0.2) is 30.6 Å². The summed E-state index contributed by atoms with van der Waals surface area (Å²) in [7, 11) is 0. The maximum Gasteiger partial charge on any atom is 0.414 e. The summed E-state index contributed by atoms with van der Waals surface area (Å²) in [5.74, 6) is -0.0749. The number of amides is 2. The summed E-state index contributed by atoms with van der Waals surface area (Å²) in [6.45, 7) is 7.81.